The molecule has 0 radical (unpaired) electrons. The van der Waals surface area contributed by atoms with Crippen molar-refractivity contribution in [3.63, 3.8) is 0 Å². The van der Waals surface area contributed by atoms with Gasteiger partial charge in [0, 0.05) is 13.0 Å². The predicted molar refractivity (Wildman–Crippen MR) is 94.9 cm³/mol. The second-order valence-corrected chi connectivity index (χ2v) is 9.92. The number of hydrogen-bond donors (Lipinski definition) is 1. The molecule has 0 spiro atoms. The van der Waals surface area contributed by atoms with Crippen LogP contribution in [0.15, 0.2) is 30.3 Å². The second kappa shape index (κ2) is 7.73. The van der Waals surface area contributed by atoms with Crippen LogP contribution in [0.3, 0.4) is 0 Å². The van der Waals surface area contributed by atoms with Crippen LogP contribution in [0.25, 0.3) is 0 Å². The fourth-order valence-electron chi connectivity index (χ4n) is 3.13. The highest BCUT2D eigenvalue weighted by atomic mass is 28.3. The molecule has 0 saturated carbocycles. The topological polar surface area (TPSA) is 30.5 Å². The molecule has 1 heterocycles. The largest absolute Gasteiger partial charge is 0.415 e. The molecule has 0 amide bonds. The Hall–Kier alpha value is -0.683. The lowest BCUT2D eigenvalue weighted by Crippen LogP contribution is -2.60. The Labute approximate surface area is 137 Å². The molecule has 2 rings (SSSR count). The molecule has 1 fully saturated rings. The third kappa shape index (κ3) is 4.91. The third-order valence-electron chi connectivity index (χ3n) is 4.09. The average molecular weight is 322 g/mol. The van der Waals surface area contributed by atoms with Crippen LogP contribution < -0.4 is 5.32 Å². The van der Waals surface area contributed by atoms with E-state index in [1.165, 1.54) is 5.56 Å². The van der Waals surface area contributed by atoms with Crippen LogP contribution in [0.2, 0.25) is 13.1 Å². The molecule has 0 bridgehead atoms. The Morgan fingerprint density at radius 2 is 1.95 bits per heavy atom. The number of morpholine rings is 1. The molecule has 1 aliphatic heterocycles. The van der Waals surface area contributed by atoms with Crippen molar-refractivity contribution >= 4 is 9.04 Å². The lowest BCUT2D eigenvalue weighted by molar-refractivity contribution is -0.0648. The van der Waals surface area contributed by atoms with E-state index in [9.17, 15) is 0 Å². The van der Waals surface area contributed by atoms with Gasteiger partial charge in [-0.2, -0.15) is 0 Å². The minimum Gasteiger partial charge on any atom is -0.415 e. The molecule has 1 aromatic carbocycles. The fraction of sp³-hybridized carbons (Fsp3) is 0.667. The van der Waals surface area contributed by atoms with Gasteiger partial charge in [0.1, 0.15) is 0 Å². The van der Waals surface area contributed by atoms with Gasteiger partial charge < -0.3 is 14.5 Å². The van der Waals surface area contributed by atoms with E-state index in [4.69, 9.17) is 9.16 Å². The third-order valence-corrected chi connectivity index (χ3v) is 4.93. The number of rotatable bonds is 5. The summed E-state index contributed by atoms with van der Waals surface area (Å²) < 4.78 is 12.5. The number of ether oxygens (including phenoxy) is 1. The van der Waals surface area contributed by atoms with Gasteiger partial charge in [-0.1, -0.05) is 51.1 Å². The lowest BCUT2D eigenvalue weighted by atomic mass is 9.81. The zero-order valence-electron chi connectivity index (χ0n) is 14.6. The number of benzene rings is 1. The summed E-state index contributed by atoms with van der Waals surface area (Å²) in [5, 5.41) is 3.67. The van der Waals surface area contributed by atoms with Gasteiger partial charge in [0.25, 0.3) is 0 Å². The molecule has 0 aliphatic carbocycles. The van der Waals surface area contributed by atoms with Crippen molar-refractivity contribution in [2.24, 2.45) is 5.41 Å². The maximum atomic E-state index is 6.42. The van der Waals surface area contributed by atoms with E-state index in [1.54, 1.807) is 0 Å². The van der Waals surface area contributed by atoms with Crippen molar-refractivity contribution in [2.75, 3.05) is 13.2 Å². The van der Waals surface area contributed by atoms with Crippen molar-refractivity contribution in [1.82, 2.24) is 5.32 Å². The molecule has 4 heteroatoms. The van der Waals surface area contributed by atoms with E-state index in [2.05, 4.69) is 69.5 Å². The minimum absolute atomic E-state index is 0.102. The summed E-state index contributed by atoms with van der Waals surface area (Å²) in [6.45, 7) is 13.0. The van der Waals surface area contributed by atoms with E-state index in [1.807, 2.05) is 0 Å². The maximum Gasteiger partial charge on any atom is 0.171 e. The highest BCUT2D eigenvalue weighted by Crippen LogP contribution is 2.30. The van der Waals surface area contributed by atoms with Crippen molar-refractivity contribution in [3.8, 4) is 0 Å². The van der Waals surface area contributed by atoms with Gasteiger partial charge in [0.15, 0.2) is 9.04 Å². The van der Waals surface area contributed by atoms with Crippen molar-refractivity contribution in [2.45, 2.75) is 58.5 Å². The Bertz CT molecular complexity index is 444. The first-order valence-electron chi connectivity index (χ1n) is 8.42. The minimum atomic E-state index is -1.11. The molecule has 22 heavy (non-hydrogen) atoms. The van der Waals surface area contributed by atoms with Crippen LogP contribution in [0.1, 0.15) is 26.3 Å². The SMILES string of the molecule is C[SiH](C)OC(C1NCCOC1Cc1ccccc1)C(C)(C)C. The van der Waals surface area contributed by atoms with Crippen molar-refractivity contribution < 1.29 is 9.16 Å². The lowest BCUT2D eigenvalue weighted by Gasteiger charge is -2.44. The molecule has 3 nitrogen and oxygen atoms in total. The van der Waals surface area contributed by atoms with Gasteiger partial charge in [-0.15, -0.1) is 0 Å². The Kier molecular flexibility index (Phi) is 6.21. The first-order chi connectivity index (χ1) is 10.4. The van der Waals surface area contributed by atoms with Crippen LogP contribution in [-0.4, -0.2) is 40.4 Å². The summed E-state index contributed by atoms with van der Waals surface area (Å²) >= 11 is 0. The van der Waals surface area contributed by atoms with Gasteiger partial charge in [0.05, 0.1) is 24.9 Å². The first kappa shape index (κ1) is 17.7. The maximum absolute atomic E-state index is 6.42. The van der Waals surface area contributed by atoms with E-state index in [-0.39, 0.29) is 23.7 Å². The number of nitrogens with one attached hydrogen (secondary N) is 1. The predicted octanol–water partition coefficient (Wildman–Crippen LogP) is 3.00. The summed E-state index contributed by atoms with van der Waals surface area (Å²) in [5.74, 6) is 0. The van der Waals surface area contributed by atoms with Crippen molar-refractivity contribution in [3.05, 3.63) is 35.9 Å². The van der Waals surface area contributed by atoms with E-state index in [0.29, 0.717) is 0 Å². The van der Waals surface area contributed by atoms with Crippen LogP contribution in [0.4, 0.5) is 0 Å². The molecule has 1 saturated heterocycles. The average Bonchev–Trinajstić information content (AvgIpc) is 2.45. The van der Waals surface area contributed by atoms with E-state index < -0.39 is 9.04 Å². The monoisotopic (exact) mass is 321 g/mol. The molecule has 1 N–H and O–H groups in total. The Morgan fingerprint density at radius 3 is 2.55 bits per heavy atom. The summed E-state index contributed by atoms with van der Waals surface area (Å²) in [7, 11) is -1.11. The summed E-state index contributed by atoms with van der Waals surface area (Å²) in [6.07, 6.45) is 1.30. The van der Waals surface area contributed by atoms with Gasteiger partial charge in [-0.25, -0.2) is 0 Å². The van der Waals surface area contributed by atoms with Crippen LogP contribution in [0, 0.1) is 5.41 Å². The van der Waals surface area contributed by atoms with Gasteiger partial charge >= 0.3 is 0 Å². The molecule has 3 unspecified atom stereocenters. The highest BCUT2D eigenvalue weighted by molar-refractivity contribution is 6.48. The van der Waals surface area contributed by atoms with Crippen LogP contribution in [-0.2, 0) is 15.6 Å². The molecule has 124 valence electrons. The van der Waals surface area contributed by atoms with E-state index in [0.717, 1.165) is 19.6 Å². The fourth-order valence-corrected chi connectivity index (χ4v) is 4.29. The molecular formula is C18H31NO2Si. The van der Waals surface area contributed by atoms with Gasteiger partial charge in [-0.3, -0.25) is 0 Å². The Morgan fingerprint density at radius 1 is 1.27 bits per heavy atom. The highest BCUT2D eigenvalue weighted by Gasteiger charge is 2.39. The van der Waals surface area contributed by atoms with Crippen molar-refractivity contribution in [1.29, 1.82) is 0 Å². The zero-order chi connectivity index (χ0) is 16.2. The number of hydrogen-bond acceptors (Lipinski definition) is 3. The summed E-state index contributed by atoms with van der Waals surface area (Å²) in [5.41, 5.74) is 1.43. The van der Waals surface area contributed by atoms with Gasteiger partial charge in [0.2, 0.25) is 0 Å². The first-order valence-corrected chi connectivity index (χ1v) is 11.2. The summed E-state index contributed by atoms with van der Waals surface area (Å²) in [4.78, 5) is 0. The summed E-state index contributed by atoms with van der Waals surface area (Å²) in [6, 6.07) is 10.9. The molecule has 3 atom stereocenters. The Balaban J connectivity index is 2.16. The molecule has 1 aromatic rings. The zero-order valence-corrected chi connectivity index (χ0v) is 15.8. The normalized spacial score (nSPS) is 24.5. The van der Waals surface area contributed by atoms with Gasteiger partial charge in [-0.05, 0) is 24.1 Å². The van der Waals surface area contributed by atoms with Crippen LogP contribution in [0.5, 0.6) is 0 Å². The van der Waals surface area contributed by atoms with Crippen LogP contribution >= 0.6 is 0 Å². The smallest absolute Gasteiger partial charge is 0.171 e. The quantitative estimate of drug-likeness (QED) is 0.846. The molecule has 0 aromatic heterocycles. The standard InChI is InChI=1S/C18H31NO2Si/c1-18(2,3)17(21-22(4)5)16-15(20-12-11-19-16)13-14-9-7-6-8-10-14/h6-10,15-17,19,22H,11-13H2,1-5H3. The van der Waals surface area contributed by atoms with E-state index >= 15 is 0 Å². The molecule has 1 aliphatic rings. The second-order valence-electron chi connectivity index (χ2n) is 7.55. The molecular weight excluding hydrogens is 290 g/mol.